The van der Waals surface area contributed by atoms with E-state index in [4.69, 9.17) is 10.5 Å². The summed E-state index contributed by atoms with van der Waals surface area (Å²) >= 11 is 0. The zero-order valence-electron chi connectivity index (χ0n) is 17.4. The Hall–Kier alpha value is -3.81. The molecular formula is C23H22FN5O2. The van der Waals surface area contributed by atoms with Gasteiger partial charge in [-0.05, 0) is 47.9 Å². The monoisotopic (exact) mass is 419 g/mol. The molecule has 2 N–H and O–H groups in total. The summed E-state index contributed by atoms with van der Waals surface area (Å²) in [6, 6.07) is 14.4. The molecular weight excluding hydrogens is 397 g/mol. The second-order valence-corrected chi connectivity index (χ2v) is 7.36. The highest BCUT2D eigenvalue weighted by Crippen LogP contribution is 2.41. The minimum Gasteiger partial charge on any atom is -0.460 e. The number of aliphatic imine (C=N–C) groups is 1. The van der Waals surface area contributed by atoms with Gasteiger partial charge in [-0.1, -0.05) is 24.3 Å². The third-order valence-corrected chi connectivity index (χ3v) is 5.28. The fourth-order valence-electron chi connectivity index (χ4n) is 3.73. The van der Waals surface area contributed by atoms with E-state index in [1.807, 2.05) is 24.3 Å². The minimum atomic E-state index is -1.45. The van der Waals surface area contributed by atoms with Crippen LogP contribution in [-0.4, -0.2) is 40.1 Å². The summed E-state index contributed by atoms with van der Waals surface area (Å²) in [5, 5.41) is 0. The number of nitrogens with zero attached hydrogens (tertiary/aromatic N) is 4. The summed E-state index contributed by atoms with van der Waals surface area (Å²) < 4.78 is 18.6. The number of hydrogen-bond donors (Lipinski definition) is 1. The Balaban J connectivity index is 1.90. The van der Waals surface area contributed by atoms with Gasteiger partial charge in [0.1, 0.15) is 12.1 Å². The topological polar surface area (TPSA) is 93.7 Å². The summed E-state index contributed by atoms with van der Waals surface area (Å²) in [7, 11) is 1.59. The molecule has 2 heterocycles. The van der Waals surface area contributed by atoms with Crippen LogP contribution in [0.3, 0.4) is 0 Å². The number of guanidine groups is 1. The molecule has 4 rings (SSSR count). The zero-order valence-corrected chi connectivity index (χ0v) is 17.4. The second kappa shape index (κ2) is 7.79. The van der Waals surface area contributed by atoms with E-state index in [-0.39, 0.29) is 11.9 Å². The molecule has 1 aliphatic heterocycles. The number of hydrogen-bond acceptors (Lipinski definition) is 6. The molecule has 3 aromatic rings. The smallest absolute Gasteiger partial charge is 0.266 e. The van der Waals surface area contributed by atoms with Gasteiger partial charge < -0.3 is 10.5 Å². The van der Waals surface area contributed by atoms with Crippen LogP contribution in [0.15, 0.2) is 66.0 Å². The van der Waals surface area contributed by atoms with Gasteiger partial charge in [0.15, 0.2) is 11.5 Å². The van der Waals surface area contributed by atoms with E-state index in [9.17, 15) is 9.18 Å². The average molecular weight is 419 g/mol. The summed E-state index contributed by atoms with van der Waals surface area (Å²) in [5.41, 5.74) is 8.18. The normalized spacial score (nSPS) is 19.3. The van der Waals surface area contributed by atoms with Gasteiger partial charge in [0, 0.05) is 25.7 Å². The van der Waals surface area contributed by atoms with Crippen molar-refractivity contribution in [3.63, 3.8) is 0 Å². The highest BCUT2D eigenvalue weighted by molar-refractivity contribution is 6.09. The number of halogens is 1. The van der Waals surface area contributed by atoms with Gasteiger partial charge in [-0.3, -0.25) is 9.69 Å². The van der Waals surface area contributed by atoms with Crippen molar-refractivity contribution in [3.8, 4) is 17.0 Å². The van der Waals surface area contributed by atoms with Crippen LogP contribution >= 0.6 is 0 Å². The van der Waals surface area contributed by atoms with Crippen LogP contribution in [0.5, 0.6) is 5.75 Å². The van der Waals surface area contributed by atoms with E-state index in [0.29, 0.717) is 22.4 Å². The van der Waals surface area contributed by atoms with Gasteiger partial charge in [-0.25, -0.2) is 19.4 Å². The second-order valence-electron chi connectivity index (χ2n) is 7.36. The molecule has 7 nitrogen and oxygen atoms in total. The minimum absolute atomic E-state index is 0.118. The Kier molecular flexibility index (Phi) is 5.14. The third kappa shape index (κ3) is 3.50. The van der Waals surface area contributed by atoms with Crippen molar-refractivity contribution in [3.05, 3.63) is 77.7 Å². The first-order valence-corrected chi connectivity index (χ1v) is 9.75. The molecule has 0 radical (unpaired) electrons. The molecule has 1 aromatic heterocycles. The molecule has 0 aliphatic carbocycles. The van der Waals surface area contributed by atoms with Crippen molar-refractivity contribution in [1.29, 1.82) is 0 Å². The molecule has 0 saturated carbocycles. The molecule has 0 fully saturated rings. The summed E-state index contributed by atoms with van der Waals surface area (Å²) in [5.74, 6) is 0.240. The van der Waals surface area contributed by atoms with Gasteiger partial charge in [0.25, 0.3) is 5.91 Å². The quantitative estimate of drug-likeness (QED) is 0.686. The van der Waals surface area contributed by atoms with E-state index in [2.05, 4.69) is 15.0 Å². The zero-order chi connectivity index (χ0) is 22.2. The molecule has 2 atom stereocenters. The molecule has 2 aromatic carbocycles. The predicted molar refractivity (Wildman–Crippen MR) is 115 cm³/mol. The number of aromatic nitrogens is 2. The first kappa shape index (κ1) is 20.5. The number of likely N-dealkylation sites (N-methyl/N-ethyl adjacent to an activating group) is 1. The number of ether oxygens (including phenoxy) is 1. The van der Waals surface area contributed by atoms with Crippen LogP contribution in [0.2, 0.25) is 0 Å². The Bertz CT molecular complexity index is 1170. The van der Waals surface area contributed by atoms with E-state index in [1.165, 1.54) is 18.2 Å². The lowest BCUT2D eigenvalue weighted by atomic mass is 9.81. The van der Waals surface area contributed by atoms with Crippen molar-refractivity contribution in [2.24, 2.45) is 10.7 Å². The van der Waals surface area contributed by atoms with Crippen LogP contribution in [0.25, 0.3) is 11.3 Å². The lowest BCUT2D eigenvalue weighted by molar-refractivity contribution is -0.129. The highest BCUT2D eigenvalue weighted by atomic mass is 19.1. The standard InChI is InChI=1S/C23H22FN5O2/c1-14-11-18(7-8-20(14)31-15(2)24)23(21(30)29(3)22(25)28-23)17-6-4-5-16(12-17)19-9-10-26-13-27-19/h4-13,15H,1-3H3,(H2,25,28). The molecule has 1 aliphatic rings. The lowest BCUT2D eigenvalue weighted by Crippen LogP contribution is -2.41. The maximum Gasteiger partial charge on any atom is 0.266 e. The first-order valence-electron chi connectivity index (χ1n) is 9.75. The van der Waals surface area contributed by atoms with Crippen LogP contribution in [0.1, 0.15) is 23.6 Å². The van der Waals surface area contributed by atoms with Crippen LogP contribution in [0.4, 0.5) is 4.39 Å². The average Bonchev–Trinajstić information content (AvgIpc) is 3.00. The van der Waals surface area contributed by atoms with E-state index in [1.54, 1.807) is 44.4 Å². The van der Waals surface area contributed by atoms with Crippen LogP contribution < -0.4 is 10.5 Å². The van der Waals surface area contributed by atoms with Crippen molar-refractivity contribution < 1.29 is 13.9 Å². The van der Waals surface area contributed by atoms with Gasteiger partial charge in [-0.2, -0.15) is 0 Å². The molecule has 2 unspecified atom stereocenters. The fourth-order valence-corrected chi connectivity index (χ4v) is 3.73. The maximum atomic E-state index is 13.5. The van der Waals surface area contributed by atoms with Crippen molar-refractivity contribution in [2.45, 2.75) is 25.7 Å². The number of amides is 1. The highest BCUT2D eigenvalue weighted by Gasteiger charge is 2.49. The van der Waals surface area contributed by atoms with Gasteiger partial charge in [0.2, 0.25) is 6.36 Å². The first-order chi connectivity index (χ1) is 14.8. The Morgan fingerprint density at radius 3 is 2.55 bits per heavy atom. The number of alkyl halides is 1. The summed E-state index contributed by atoms with van der Waals surface area (Å²) in [4.78, 5) is 27.7. The third-order valence-electron chi connectivity index (χ3n) is 5.28. The largest absolute Gasteiger partial charge is 0.460 e. The molecule has 31 heavy (non-hydrogen) atoms. The number of benzene rings is 2. The van der Waals surface area contributed by atoms with Gasteiger partial charge in [0.05, 0.1) is 5.69 Å². The summed E-state index contributed by atoms with van der Waals surface area (Å²) in [6.07, 6.45) is 1.68. The molecule has 8 heteroatoms. The Morgan fingerprint density at radius 2 is 1.94 bits per heavy atom. The Labute approximate surface area is 179 Å². The van der Waals surface area contributed by atoms with Crippen molar-refractivity contribution >= 4 is 11.9 Å². The molecule has 1 amide bonds. The predicted octanol–water partition coefficient (Wildman–Crippen LogP) is 3.18. The number of aryl methyl sites for hydroxylation is 1. The summed E-state index contributed by atoms with van der Waals surface area (Å²) in [6.45, 7) is 3.11. The van der Waals surface area contributed by atoms with Crippen molar-refractivity contribution in [2.75, 3.05) is 7.05 Å². The lowest BCUT2D eigenvalue weighted by Gasteiger charge is -2.27. The number of carbonyl (C=O) groups is 1. The SMILES string of the molecule is Cc1cc(C2(c3cccc(-c4ccncn4)c3)N=C(N)N(C)C2=O)ccc1OC(C)F. The number of carbonyl (C=O) groups excluding carboxylic acids is 1. The fraction of sp³-hybridized carbons (Fsp3) is 0.217. The van der Waals surface area contributed by atoms with E-state index >= 15 is 0 Å². The number of nitrogens with two attached hydrogens (primary N) is 1. The molecule has 0 spiro atoms. The maximum absolute atomic E-state index is 13.5. The van der Waals surface area contributed by atoms with Gasteiger partial charge >= 0.3 is 0 Å². The number of rotatable bonds is 5. The van der Waals surface area contributed by atoms with E-state index in [0.717, 1.165) is 11.3 Å². The van der Waals surface area contributed by atoms with Crippen molar-refractivity contribution in [1.82, 2.24) is 14.9 Å². The molecule has 0 saturated heterocycles. The van der Waals surface area contributed by atoms with Crippen LogP contribution in [0, 0.1) is 6.92 Å². The van der Waals surface area contributed by atoms with E-state index < -0.39 is 11.9 Å². The molecule has 158 valence electrons. The van der Waals surface area contributed by atoms with Crippen LogP contribution in [-0.2, 0) is 10.3 Å². The van der Waals surface area contributed by atoms with Gasteiger partial charge in [-0.15, -0.1) is 0 Å². The Morgan fingerprint density at radius 1 is 1.16 bits per heavy atom. The molecule has 0 bridgehead atoms.